The first kappa shape index (κ1) is 21.7. The maximum Gasteiger partial charge on any atom is 0.272 e. The van der Waals surface area contributed by atoms with E-state index in [1.807, 2.05) is 12.1 Å². The Morgan fingerprint density at radius 1 is 1.06 bits per heavy atom. The Morgan fingerprint density at radius 2 is 1.91 bits per heavy atom. The van der Waals surface area contributed by atoms with E-state index in [1.54, 1.807) is 39.0 Å². The number of nitrogens with zero attached hydrogens (tertiary/aromatic N) is 2. The number of aromatic nitrogens is 3. The monoisotopic (exact) mass is 459 g/mol. The minimum atomic E-state index is -0.247. The molecule has 0 spiro atoms. The molecule has 3 heterocycles. The topological polar surface area (TPSA) is 126 Å². The molecular formula is C25H25N5O4. The van der Waals surface area contributed by atoms with Crippen molar-refractivity contribution in [3.05, 3.63) is 75.8 Å². The van der Waals surface area contributed by atoms with Crippen molar-refractivity contribution in [2.45, 2.75) is 46.6 Å². The fourth-order valence-electron chi connectivity index (χ4n) is 4.25. The third-order valence-corrected chi connectivity index (χ3v) is 5.98. The third-order valence-electron chi connectivity index (χ3n) is 5.98. The molecule has 3 N–H and O–H groups in total. The van der Waals surface area contributed by atoms with Crippen LogP contribution in [0.15, 0.2) is 39.2 Å². The van der Waals surface area contributed by atoms with Gasteiger partial charge in [-0.05, 0) is 64.3 Å². The summed E-state index contributed by atoms with van der Waals surface area (Å²) in [6.45, 7) is 5.59. The number of hydrogen-bond acceptors (Lipinski definition) is 6. The summed E-state index contributed by atoms with van der Waals surface area (Å²) in [7, 11) is 0. The van der Waals surface area contributed by atoms with Gasteiger partial charge in [0.2, 0.25) is 5.89 Å². The standard InChI is InChI=1S/C25H25N5O4/c1-13-10-19(14(2)33-13)23(31)27-17-7-4-6-16(11-17)25-28-21(15(3)34-25)12-26-24(32)22-18-8-5-9-20(18)29-30-22/h4,6-7,10-11H,5,8-9,12H2,1-3H3,(H,26,32)(H,27,31)(H,29,30). The van der Waals surface area contributed by atoms with E-state index in [1.165, 1.54) is 0 Å². The molecule has 0 aliphatic heterocycles. The van der Waals surface area contributed by atoms with Crippen LogP contribution in [0.3, 0.4) is 0 Å². The van der Waals surface area contributed by atoms with Gasteiger partial charge in [0.15, 0.2) is 5.69 Å². The quantitative estimate of drug-likeness (QED) is 0.396. The second kappa shape index (κ2) is 8.66. The molecule has 3 aromatic heterocycles. The molecule has 9 nitrogen and oxygen atoms in total. The number of oxazole rings is 1. The van der Waals surface area contributed by atoms with Crippen molar-refractivity contribution in [1.82, 2.24) is 20.5 Å². The molecule has 0 saturated carbocycles. The third kappa shape index (κ3) is 4.12. The van der Waals surface area contributed by atoms with E-state index in [9.17, 15) is 9.59 Å². The van der Waals surface area contributed by atoms with Crippen LogP contribution in [0.4, 0.5) is 5.69 Å². The largest absolute Gasteiger partial charge is 0.466 e. The number of furan rings is 1. The highest BCUT2D eigenvalue weighted by molar-refractivity contribution is 6.05. The summed E-state index contributed by atoms with van der Waals surface area (Å²) in [5.74, 6) is 1.81. The lowest BCUT2D eigenvalue weighted by Crippen LogP contribution is -2.24. The molecule has 1 aromatic carbocycles. The molecule has 4 aromatic rings. The minimum Gasteiger partial charge on any atom is -0.466 e. The number of benzene rings is 1. The number of nitrogens with one attached hydrogen (secondary N) is 3. The van der Waals surface area contributed by atoms with Crippen LogP contribution in [-0.2, 0) is 19.4 Å². The van der Waals surface area contributed by atoms with Crippen LogP contribution in [0, 0.1) is 20.8 Å². The Balaban J connectivity index is 1.28. The predicted molar refractivity (Wildman–Crippen MR) is 125 cm³/mol. The molecule has 9 heteroatoms. The zero-order valence-electron chi connectivity index (χ0n) is 19.2. The summed E-state index contributed by atoms with van der Waals surface area (Å²) in [5, 5.41) is 12.9. The van der Waals surface area contributed by atoms with Crippen LogP contribution in [0.1, 0.15) is 61.5 Å². The molecule has 0 radical (unpaired) electrons. The number of fused-ring (bicyclic) bond motifs is 1. The number of H-pyrrole nitrogens is 1. The minimum absolute atomic E-state index is 0.224. The van der Waals surface area contributed by atoms with E-state index >= 15 is 0 Å². The van der Waals surface area contributed by atoms with Gasteiger partial charge in [-0.1, -0.05) is 6.07 Å². The smallest absolute Gasteiger partial charge is 0.272 e. The van der Waals surface area contributed by atoms with Crippen LogP contribution in [0.5, 0.6) is 0 Å². The van der Waals surface area contributed by atoms with Crippen LogP contribution in [-0.4, -0.2) is 27.0 Å². The summed E-state index contributed by atoms with van der Waals surface area (Å²) < 4.78 is 11.3. The average Bonchev–Trinajstić information content (AvgIpc) is 3.56. The Hall–Kier alpha value is -4.14. The number of hydrogen-bond donors (Lipinski definition) is 3. The van der Waals surface area contributed by atoms with Crippen LogP contribution in [0.2, 0.25) is 0 Å². The lowest BCUT2D eigenvalue weighted by molar-refractivity contribution is 0.0943. The van der Waals surface area contributed by atoms with Gasteiger partial charge in [-0.2, -0.15) is 5.10 Å². The number of amides is 2. The second-order valence-electron chi connectivity index (χ2n) is 8.45. The van der Waals surface area contributed by atoms with Gasteiger partial charge in [-0.3, -0.25) is 14.7 Å². The lowest BCUT2D eigenvalue weighted by Gasteiger charge is -2.05. The number of carbonyl (C=O) groups is 2. The maximum atomic E-state index is 12.6. The van der Waals surface area contributed by atoms with Gasteiger partial charge < -0.3 is 19.5 Å². The zero-order chi connectivity index (χ0) is 23.8. The van der Waals surface area contributed by atoms with E-state index < -0.39 is 0 Å². The fourth-order valence-corrected chi connectivity index (χ4v) is 4.25. The molecule has 0 atom stereocenters. The molecule has 34 heavy (non-hydrogen) atoms. The number of carbonyl (C=O) groups excluding carboxylic acids is 2. The van der Waals surface area contributed by atoms with Gasteiger partial charge in [-0.25, -0.2) is 4.98 Å². The first-order chi connectivity index (χ1) is 16.4. The van der Waals surface area contributed by atoms with E-state index in [-0.39, 0.29) is 18.4 Å². The van der Waals surface area contributed by atoms with Crippen molar-refractivity contribution in [2.24, 2.45) is 0 Å². The van der Waals surface area contributed by atoms with Crippen molar-refractivity contribution in [2.75, 3.05) is 5.32 Å². The molecule has 1 aliphatic rings. The molecule has 0 unspecified atom stereocenters. The number of rotatable bonds is 6. The molecule has 0 bridgehead atoms. The van der Waals surface area contributed by atoms with Crippen LogP contribution in [0.25, 0.3) is 11.5 Å². The first-order valence-corrected chi connectivity index (χ1v) is 11.2. The molecule has 2 amide bonds. The average molecular weight is 460 g/mol. The SMILES string of the molecule is Cc1cc(C(=O)Nc2cccc(-c3nc(CNC(=O)c4n[nH]c5c4CCC5)c(C)o3)c2)c(C)o1. The molecule has 174 valence electrons. The second-order valence-corrected chi connectivity index (χ2v) is 8.45. The van der Waals surface area contributed by atoms with Crippen molar-refractivity contribution in [1.29, 1.82) is 0 Å². The van der Waals surface area contributed by atoms with Crippen molar-refractivity contribution >= 4 is 17.5 Å². The van der Waals surface area contributed by atoms with Gasteiger partial charge in [0.05, 0.1) is 12.1 Å². The lowest BCUT2D eigenvalue weighted by atomic mass is 10.2. The molecule has 1 aliphatic carbocycles. The van der Waals surface area contributed by atoms with Crippen LogP contribution < -0.4 is 10.6 Å². The maximum absolute atomic E-state index is 12.6. The summed E-state index contributed by atoms with van der Waals surface area (Å²) in [4.78, 5) is 29.8. The van der Waals surface area contributed by atoms with Gasteiger partial charge >= 0.3 is 0 Å². The summed E-state index contributed by atoms with van der Waals surface area (Å²) in [6, 6.07) is 8.97. The Morgan fingerprint density at radius 3 is 2.71 bits per heavy atom. The zero-order valence-corrected chi connectivity index (χ0v) is 19.2. The van der Waals surface area contributed by atoms with Crippen LogP contribution >= 0.6 is 0 Å². The Labute approximate surface area is 196 Å². The number of aryl methyl sites for hydroxylation is 4. The number of anilines is 1. The summed E-state index contributed by atoms with van der Waals surface area (Å²) in [6.07, 6.45) is 2.84. The normalized spacial score (nSPS) is 12.6. The molecule has 0 fully saturated rings. The fraction of sp³-hybridized carbons (Fsp3) is 0.280. The van der Waals surface area contributed by atoms with Gasteiger partial charge in [0.25, 0.3) is 11.8 Å². The highest BCUT2D eigenvalue weighted by atomic mass is 16.4. The molecule has 0 saturated heterocycles. The van der Waals surface area contributed by atoms with Gasteiger partial charge in [-0.15, -0.1) is 0 Å². The summed E-state index contributed by atoms with van der Waals surface area (Å²) >= 11 is 0. The van der Waals surface area contributed by atoms with Crippen molar-refractivity contribution < 1.29 is 18.4 Å². The highest BCUT2D eigenvalue weighted by Crippen LogP contribution is 2.26. The molecular weight excluding hydrogens is 434 g/mol. The first-order valence-electron chi connectivity index (χ1n) is 11.2. The Kier molecular flexibility index (Phi) is 5.53. The van der Waals surface area contributed by atoms with E-state index in [4.69, 9.17) is 8.83 Å². The van der Waals surface area contributed by atoms with Gasteiger partial charge in [0.1, 0.15) is 23.0 Å². The summed E-state index contributed by atoms with van der Waals surface area (Å²) in [5.41, 5.74) is 4.97. The van der Waals surface area contributed by atoms with Gasteiger partial charge in [0, 0.05) is 22.5 Å². The molecule has 5 rings (SSSR count). The highest BCUT2D eigenvalue weighted by Gasteiger charge is 2.23. The Bertz CT molecular complexity index is 1390. The van der Waals surface area contributed by atoms with E-state index in [2.05, 4.69) is 25.8 Å². The predicted octanol–water partition coefficient (Wildman–Crippen LogP) is 4.25. The van der Waals surface area contributed by atoms with Crippen molar-refractivity contribution in [3.63, 3.8) is 0 Å². The number of aromatic amines is 1. The van der Waals surface area contributed by atoms with E-state index in [0.29, 0.717) is 51.4 Å². The van der Waals surface area contributed by atoms with E-state index in [0.717, 1.165) is 30.5 Å². The van der Waals surface area contributed by atoms with Crippen molar-refractivity contribution in [3.8, 4) is 11.5 Å².